The Bertz CT molecular complexity index is 474. The van der Waals surface area contributed by atoms with Crippen LogP contribution >= 0.6 is 0 Å². The minimum atomic E-state index is -4.12. The van der Waals surface area contributed by atoms with Crippen LogP contribution in [0.3, 0.4) is 0 Å². The smallest absolute Gasteiger partial charge is 0.267 e. The summed E-state index contributed by atoms with van der Waals surface area (Å²) in [6, 6.07) is 0. The molecule has 2 N–H and O–H groups in total. The third-order valence-electron chi connectivity index (χ3n) is 4.67. The molecule has 1 aliphatic heterocycles. The molecule has 0 aromatic rings. The van der Waals surface area contributed by atoms with E-state index in [0.29, 0.717) is 18.3 Å². The molecule has 0 aromatic carbocycles. The highest BCUT2D eigenvalue weighted by molar-refractivity contribution is 7.85. The van der Waals surface area contributed by atoms with Gasteiger partial charge in [-0.1, -0.05) is 27.7 Å². The van der Waals surface area contributed by atoms with E-state index >= 15 is 0 Å². The molecule has 1 rings (SSSR count). The van der Waals surface area contributed by atoms with E-state index < -0.39 is 21.4 Å². The quantitative estimate of drug-likeness (QED) is 0.780. The highest BCUT2D eigenvalue weighted by Crippen LogP contribution is 2.34. The molecule has 1 aliphatic rings. The maximum absolute atomic E-state index is 12.6. The van der Waals surface area contributed by atoms with Gasteiger partial charge < -0.3 is 5.32 Å². The SMILES string of the molecule is CC(C)CC1C(=O)NC(C)(CS(=O)(=O)O)CC[C@H](C)C1C. The molecule has 5 nitrogen and oxygen atoms in total. The maximum atomic E-state index is 12.6. The Hall–Kier alpha value is -0.620. The monoisotopic (exact) mass is 319 g/mol. The Labute approximate surface area is 128 Å². The van der Waals surface area contributed by atoms with Crippen molar-refractivity contribution >= 4 is 16.0 Å². The van der Waals surface area contributed by atoms with Crippen LogP contribution in [0.1, 0.15) is 53.9 Å². The molecule has 4 atom stereocenters. The van der Waals surface area contributed by atoms with Gasteiger partial charge in [-0.05, 0) is 43.9 Å². The lowest BCUT2D eigenvalue weighted by Gasteiger charge is -2.39. The van der Waals surface area contributed by atoms with Crippen LogP contribution in [-0.2, 0) is 14.9 Å². The Morgan fingerprint density at radius 2 is 1.95 bits per heavy atom. The summed E-state index contributed by atoms with van der Waals surface area (Å²) in [6.45, 7) is 10.1. The van der Waals surface area contributed by atoms with Gasteiger partial charge in [0.2, 0.25) is 5.91 Å². The summed E-state index contributed by atoms with van der Waals surface area (Å²) in [4.78, 5) is 12.6. The van der Waals surface area contributed by atoms with Crippen molar-refractivity contribution in [1.82, 2.24) is 5.32 Å². The van der Waals surface area contributed by atoms with Gasteiger partial charge in [0.05, 0.1) is 11.3 Å². The van der Waals surface area contributed by atoms with Crippen molar-refractivity contribution in [3.63, 3.8) is 0 Å². The predicted octanol–water partition coefficient (Wildman–Crippen LogP) is 2.48. The molecule has 0 aromatic heterocycles. The molecule has 21 heavy (non-hydrogen) atoms. The summed E-state index contributed by atoms with van der Waals surface area (Å²) in [5.41, 5.74) is -0.895. The average molecular weight is 319 g/mol. The molecule has 0 aliphatic carbocycles. The van der Waals surface area contributed by atoms with E-state index in [4.69, 9.17) is 4.55 Å². The minimum Gasteiger partial charge on any atom is -0.350 e. The third kappa shape index (κ3) is 5.58. The predicted molar refractivity (Wildman–Crippen MR) is 83.5 cm³/mol. The Balaban J connectivity index is 3.01. The van der Waals surface area contributed by atoms with Gasteiger partial charge in [-0.25, -0.2) is 0 Å². The van der Waals surface area contributed by atoms with E-state index in [1.165, 1.54) is 0 Å². The number of amides is 1. The molecular weight excluding hydrogens is 290 g/mol. The molecule has 3 unspecified atom stereocenters. The van der Waals surface area contributed by atoms with Crippen LogP contribution in [0.15, 0.2) is 0 Å². The highest BCUT2D eigenvalue weighted by atomic mass is 32.2. The zero-order valence-electron chi connectivity index (χ0n) is 13.7. The van der Waals surface area contributed by atoms with E-state index in [9.17, 15) is 13.2 Å². The molecule has 1 fully saturated rings. The maximum Gasteiger partial charge on any atom is 0.267 e. The van der Waals surface area contributed by atoms with Gasteiger partial charge in [0.1, 0.15) is 0 Å². The normalized spacial score (nSPS) is 35.2. The molecule has 0 radical (unpaired) electrons. The highest BCUT2D eigenvalue weighted by Gasteiger charge is 2.39. The van der Waals surface area contributed by atoms with Crippen molar-refractivity contribution in [2.75, 3.05) is 5.75 Å². The van der Waals surface area contributed by atoms with Crippen molar-refractivity contribution in [3.8, 4) is 0 Å². The van der Waals surface area contributed by atoms with Crippen LogP contribution in [0.4, 0.5) is 0 Å². The van der Waals surface area contributed by atoms with E-state index in [1.807, 2.05) is 0 Å². The summed E-state index contributed by atoms with van der Waals surface area (Å²) in [5, 5.41) is 2.88. The summed E-state index contributed by atoms with van der Waals surface area (Å²) in [5.74, 6) is 0.391. The topological polar surface area (TPSA) is 83.5 Å². The molecule has 6 heteroatoms. The summed E-state index contributed by atoms with van der Waals surface area (Å²) in [6.07, 6.45) is 2.18. The number of carbonyl (C=O) groups is 1. The molecule has 124 valence electrons. The van der Waals surface area contributed by atoms with E-state index in [1.54, 1.807) is 6.92 Å². The van der Waals surface area contributed by atoms with Crippen molar-refractivity contribution in [2.24, 2.45) is 23.7 Å². The molecule has 1 saturated heterocycles. The first-order valence-electron chi connectivity index (χ1n) is 7.71. The van der Waals surface area contributed by atoms with Gasteiger partial charge >= 0.3 is 0 Å². The van der Waals surface area contributed by atoms with Crippen LogP contribution in [0.2, 0.25) is 0 Å². The van der Waals surface area contributed by atoms with E-state index in [-0.39, 0.29) is 17.7 Å². The number of carbonyl (C=O) groups excluding carboxylic acids is 1. The van der Waals surface area contributed by atoms with Crippen molar-refractivity contribution < 1.29 is 17.8 Å². The number of hydrogen-bond acceptors (Lipinski definition) is 3. The van der Waals surface area contributed by atoms with Crippen molar-refractivity contribution in [1.29, 1.82) is 0 Å². The Morgan fingerprint density at radius 3 is 2.43 bits per heavy atom. The summed E-state index contributed by atoms with van der Waals surface area (Å²) in [7, 11) is -4.12. The molecule has 1 amide bonds. The molecular formula is C15H29NO4S. The zero-order chi connectivity index (χ0) is 16.4. The van der Waals surface area contributed by atoms with Gasteiger partial charge in [-0.15, -0.1) is 0 Å². The summed E-state index contributed by atoms with van der Waals surface area (Å²) < 4.78 is 31.6. The average Bonchev–Trinajstić information content (AvgIpc) is 2.28. The van der Waals surface area contributed by atoms with Crippen LogP contribution < -0.4 is 5.32 Å². The number of hydrogen-bond donors (Lipinski definition) is 2. The number of nitrogens with one attached hydrogen (secondary N) is 1. The molecule has 0 spiro atoms. The molecule has 0 bridgehead atoms. The molecule has 1 heterocycles. The van der Waals surface area contributed by atoms with Crippen molar-refractivity contribution in [2.45, 2.75) is 59.4 Å². The fourth-order valence-electron chi connectivity index (χ4n) is 3.24. The largest absolute Gasteiger partial charge is 0.350 e. The van der Waals surface area contributed by atoms with Gasteiger partial charge in [0.15, 0.2) is 0 Å². The van der Waals surface area contributed by atoms with E-state index in [2.05, 4.69) is 33.0 Å². The van der Waals surface area contributed by atoms with Crippen LogP contribution in [0.5, 0.6) is 0 Å². The van der Waals surface area contributed by atoms with Gasteiger partial charge in [-0.2, -0.15) is 8.42 Å². The first-order valence-corrected chi connectivity index (χ1v) is 9.31. The van der Waals surface area contributed by atoms with Gasteiger partial charge in [-0.3, -0.25) is 9.35 Å². The lowest BCUT2D eigenvalue weighted by Crippen LogP contribution is -2.55. The fraction of sp³-hybridized carbons (Fsp3) is 0.933. The third-order valence-corrected chi connectivity index (χ3v) is 5.67. The lowest BCUT2D eigenvalue weighted by molar-refractivity contribution is -0.130. The van der Waals surface area contributed by atoms with Crippen LogP contribution in [0, 0.1) is 23.7 Å². The second-order valence-corrected chi connectivity index (χ2v) is 8.84. The standard InChI is InChI=1S/C15H29NO4S/c1-10(2)8-13-12(4)11(3)6-7-15(5,16-14(13)17)9-21(18,19)20/h10-13H,6-9H2,1-5H3,(H,16,17)(H,18,19,20)/t11-,12?,13?,15?/m0/s1. The second kappa shape index (κ2) is 6.65. The van der Waals surface area contributed by atoms with Crippen molar-refractivity contribution in [3.05, 3.63) is 0 Å². The van der Waals surface area contributed by atoms with E-state index in [0.717, 1.165) is 12.8 Å². The van der Waals surface area contributed by atoms with Crippen LogP contribution in [-0.4, -0.2) is 30.2 Å². The zero-order valence-corrected chi connectivity index (χ0v) is 14.5. The second-order valence-electron chi connectivity index (χ2n) is 7.39. The van der Waals surface area contributed by atoms with Crippen LogP contribution in [0.25, 0.3) is 0 Å². The van der Waals surface area contributed by atoms with Gasteiger partial charge in [0.25, 0.3) is 10.1 Å². The van der Waals surface area contributed by atoms with Gasteiger partial charge in [0, 0.05) is 5.92 Å². The Morgan fingerprint density at radius 1 is 1.38 bits per heavy atom. The number of rotatable bonds is 4. The first kappa shape index (κ1) is 18.4. The Kier molecular flexibility index (Phi) is 5.83. The fourth-order valence-corrected chi connectivity index (χ4v) is 4.26. The molecule has 0 saturated carbocycles. The minimum absolute atomic E-state index is 0.0890. The summed E-state index contributed by atoms with van der Waals surface area (Å²) >= 11 is 0. The lowest BCUT2D eigenvalue weighted by atomic mass is 9.74. The first-order chi connectivity index (χ1) is 9.43.